The topological polar surface area (TPSA) is 80.4 Å². The Morgan fingerprint density at radius 3 is 2.36 bits per heavy atom. The van der Waals surface area contributed by atoms with Gasteiger partial charge in [0.1, 0.15) is 0 Å². The Morgan fingerprint density at radius 2 is 2.07 bits per heavy atom. The van der Waals surface area contributed by atoms with Crippen LogP contribution in [0.2, 0.25) is 0 Å². The number of sulfone groups is 1. The van der Waals surface area contributed by atoms with E-state index in [0.29, 0.717) is 6.42 Å². The quantitative estimate of drug-likeness (QED) is 0.683. The van der Waals surface area contributed by atoms with Crippen LogP contribution in [0.5, 0.6) is 0 Å². The lowest BCUT2D eigenvalue weighted by atomic mass is 9.79. The molecule has 14 heavy (non-hydrogen) atoms. The Kier molecular flexibility index (Phi) is 2.71. The molecule has 0 aromatic heterocycles. The highest BCUT2D eigenvalue weighted by Gasteiger charge is 2.53. The Morgan fingerprint density at radius 1 is 1.57 bits per heavy atom. The van der Waals surface area contributed by atoms with E-state index in [0.717, 1.165) is 0 Å². The highest BCUT2D eigenvalue weighted by atomic mass is 32.2. The van der Waals surface area contributed by atoms with E-state index < -0.39 is 20.2 Å². The van der Waals surface area contributed by atoms with Crippen molar-refractivity contribution in [1.82, 2.24) is 0 Å². The fraction of sp³-hybridized carbons (Fsp3) is 1.00. The fourth-order valence-corrected chi connectivity index (χ4v) is 4.18. The van der Waals surface area contributed by atoms with Crippen LogP contribution in [-0.2, 0) is 9.84 Å². The SMILES string of the molecule is CC(O)(CN)C1CCS(=O)(=O)C1(C)C. The van der Waals surface area contributed by atoms with Gasteiger partial charge in [-0.15, -0.1) is 0 Å². The van der Waals surface area contributed by atoms with Gasteiger partial charge >= 0.3 is 0 Å². The maximum absolute atomic E-state index is 11.7. The van der Waals surface area contributed by atoms with Crippen molar-refractivity contribution in [3.05, 3.63) is 0 Å². The summed E-state index contributed by atoms with van der Waals surface area (Å²) in [6.45, 7) is 5.05. The van der Waals surface area contributed by atoms with Crippen molar-refractivity contribution in [2.24, 2.45) is 11.7 Å². The molecule has 0 bridgehead atoms. The van der Waals surface area contributed by atoms with Gasteiger partial charge in [0, 0.05) is 12.5 Å². The van der Waals surface area contributed by atoms with Crippen molar-refractivity contribution in [3.63, 3.8) is 0 Å². The smallest absolute Gasteiger partial charge is 0.155 e. The minimum Gasteiger partial charge on any atom is -0.389 e. The van der Waals surface area contributed by atoms with Crippen LogP contribution in [0.25, 0.3) is 0 Å². The molecule has 1 rings (SSSR count). The summed E-state index contributed by atoms with van der Waals surface area (Å²) in [6, 6.07) is 0. The van der Waals surface area contributed by atoms with Crippen LogP contribution < -0.4 is 5.73 Å². The highest BCUT2D eigenvalue weighted by molar-refractivity contribution is 7.93. The predicted molar refractivity (Wildman–Crippen MR) is 55.7 cm³/mol. The van der Waals surface area contributed by atoms with E-state index in [-0.39, 0.29) is 18.2 Å². The molecule has 0 amide bonds. The van der Waals surface area contributed by atoms with Gasteiger partial charge in [-0.2, -0.15) is 0 Å². The Balaban J connectivity index is 3.08. The second-order valence-electron chi connectivity index (χ2n) is 4.82. The van der Waals surface area contributed by atoms with Gasteiger partial charge in [0.05, 0.1) is 16.1 Å². The van der Waals surface area contributed by atoms with Gasteiger partial charge in [0.25, 0.3) is 0 Å². The zero-order valence-corrected chi connectivity index (χ0v) is 9.76. The van der Waals surface area contributed by atoms with Gasteiger partial charge in [0.2, 0.25) is 0 Å². The molecule has 0 aliphatic carbocycles. The lowest BCUT2D eigenvalue weighted by Gasteiger charge is -2.36. The summed E-state index contributed by atoms with van der Waals surface area (Å²) in [6.07, 6.45) is 0.500. The number of nitrogens with two attached hydrogens (primary N) is 1. The van der Waals surface area contributed by atoms with Crippen LogP contribution in [-0.4, -0.2) is 36.2 Å². The molecule has 2 atom stereocenters. The molecule has 0 spiro atoms. The van der Waals surface area contributed by atoms with E-state index in [2.05, 4.69) is 0 Å². The van der Waals surface area contributed by atoms with E-state index in [9.17, 15) is 13.5 Å². The molecular formula is C9H19NO3S. The summed E-state index contributed by atoms with van der Waals surface area (Å²) in [5, 5.41) is 10.0. The van der Waals surface area contributed by atoms with Gasteiger partial charge in [-0.25, -0.2) is 8.42 Å². The van der Waals surface area contributed by atoms with Crippen molar-refractivity contribution >= 4 is 9.84 Å². The van der Waals surface area contributed by atoms with Crippen molar-refractivity contribution < 1.29 is 13.5 Å². The first kappa shape index (κ1) is 11.9. The van der Waals surface area contributed by atoms with Crippen molar-refractivity contribution in [2.45, 2.75) is 37.5 Å². The summed E-state index contributed by atoms with van der Waals surface area (Å²) < 4.78 is 22.5. The van der Waals surface area contributed by atoms with Crippen LogP contribution in [0, 0.1) is 5.92 Å². The van der Waals surface area contributed by atoms with Crippen LogP contribution >= 0.6 is 0 Å². The second kappa shape index (κ2) is 3.18. The van der Waals surface area contributed by atoms with Gasteiger partial charge in [-0.1, -0.05) is 0 Å². The summed E-state index contributed by atoms with van der Waals surface area (Å²) in [7, 11) is -3.08. The van der Waals surface area contributed by atoms with Crippen molar-refractivity contribution in [3.8, 4) is 0 Å². The fourth-order valence-electron chi connectivity index (χ4n) is 2.30. The average molecular weight is 221 g/mol. The van der Waals surface area contributed by atoms with Crippen molar-refractivity contribution in [1.29, 1.82) is 0 Å². The molecule has 0 aromatic carbocycles. The van der Waals surface area contributed by atoms with E-state index in [1.165, 1.54) is 0 Å². The highest BCUT2D eigenvalue weighted by Crippen LogP contribution is 2.42. The normalized spacial score (nSPS) is 33.9. The summed E-state index contributed by atoms with van der Waals surface area (Å²) in [4.78, 5) is 0. The number of hydrogen-bond acceptors (Lipinski definition) is 4. The van der Waals surface area contributed by atoms with Crippen LogP contribution in [0.1, 0.15) is 27.2 Å². The maximum Gasteiger partial charge on any atom is 0.155 e. The molecule has 1 saturated heterocycles. The largest absolute Gasteiger partial charge is 0.389 e. The Hall–Kier alpha value is -0.130. The molecule has 0 aromatic rings. The summed E-state index contributed by atoms with van der Waals surface area (Å²) in [5.41, 5.74) is 4.36. The summed E-state index contributed by atoms with van der Waals surface area (Å²) >= 11 is 0. The lowest BCUT2D eigenvalue weighted by Crippen LogP contribution is -2.50. The number of hydrogen-bond donors (Lipinski definition) is 2. The van der Waals surface area contributed by atoms with Crippen LogP contribution in [0.15, 0.2) is 0 Å². The minimum absolute atomic E-state index is 0.0939. The molecule has 2 unspecified atom stereocenters. The molecule has 0 radical (unpaired) electrons. The number of rotatable bonds is 2. The van der Waals surface area contributed by atoms with Crippen molar-refractivity contribution in [2.75, 3.05) is 12.3 Å². The molecule has 1 fully saturated rings. The zero-order valence-electron chi connectivity index (χ0n) is 8.95. The number of aliphatic hydroxyl groups is 1. The molecule has 84 valence electrons. The Bertz CT molecular complexity index is 319. The zero-order chi connectivity index (χ0) is 11.2. The van der Waals surface area contributed by atoms with Crippen LogP contribution in [0.4, 0.5) is 0 Å². The van der Waals surface area contributed by atoms with E-state index in [1.807, 2.05) is 0 Å². The molecule has 5 heteroatoms. The van der Waals surface area contributed by atoms with Gasteiger partial charge in [-0.05, 0) is 27.2 Å². The first-order valence-corrected chi connectivity index (χ1v) is 6.45. The second-order valence-corrected chi connectivity index (χ2v) is 7.51. The monoisotopic (exact) mass is 221 g/mol. The Labute approximate surface area is 85.4 Å². The molecule has 1 heterocycles. The molecule has 1 aliphatic heterocycles. The summed E-state index contributed by atoms with van der Waals surface area (Å²) in [5.74, 6) is -0.120. The van der Waals surface area contributed by atoms with Gasteiger partial charge in [0.15, 0.2) is 9.84 Å². The average Bonchev–Trinajstić information content (AvgIpc) is 2.23. The third-order valence-corrected chi connectivity index (χ3v) is 6.14. The first-order chi connectivity index (χ1) is 6.15. The van der Waals surface area contributed by atoms with E-state index in [1.54, 1.807) is 20.8 Å². The standard InChI is InChI=1S/C9H19NO3S/c1-8(2)7(9(3,11)6-10)4-5-14(8,12)13/h7,11H,4-6,10H2,1-3H3. The lowest BCUT2D eigenvalue weighted by molar-refractivity contribution is -0.00338. The predicted octanol–water partition coefficient (Wildman–Crippen LogP) is -0.0906. The third kappa shape index (κ3) is 1.57. The third-order valence-electron chi connectivity index (χ3n) is 3.48. The van der Waals surface area contributed by atoms with Crippen LogP contribution in [0.3, 0.4) is 0 Å². The molecule has 3 N–H and O–H groups in total. The minimum atomic E-state index is -3.08. The molecule has 4 nitrogen and oxygen atoms in total. The molecule has 0 saturated carbocycles. The van der Waals surface area contributed by atoms with E-state index in [4.69, 9.17) is 5.73 Å². The first-order valence-electron chi connectivity index (χ1n) is 4.80. The maximum atomic E-state index is 11.7. The molecule has 1 aliphatic rings. The van der Waals surface area contributed by atoms with Gasteiger partial charge in [-0.3, -0.25) is 0 Å². The van der Waals surface area contributed by atoms with E-state index >= 15 is 0 Å². The molecular weight excluding hydrogens is 202 g/mol. The van der Waals surface area contributed by atoms with Gasteiger partial charge < -0.3 is 10.8 Å².